The highest BCUT2D eigenvalue weighted by Crippen LogP contribution is 2.28. The van der Waals surface area contributed by atoms with Crippen molar-refractivity contribution in [2.45, 2.75) is 33.1 Å². The van der Waals surface area contributed by atoms with Gasteiger partial charge in [0.2, 0.25) is 0 Å². The van der Waals surface area contributed by atoms with E-state index in [2.05, 4.69) is 5.32 Å². The number of hydrogen-bond acceptors (Lipinski definition) is 5. The van der Waals surface area contributed by atoms with Crippen molar-refractivity contribution in [2.24, 2.45) is 0 Å². The normalized spacial score (nSPS) is 10.2. The average Bonchev–Trinajstić information content (AvgIpc) is 2.44. The van der Waals surface area contributed by atoms with Crippen molar-refractivity contribution < 1.29 is 18.7 Å². The Morgan fingerprint density at radius 3 is 2.81 bits per heavy atom. The van der Waals surface area contributed by atoms with Crippen LogP contribution in [0.2, 0.25) is 0 Å². The highest BCUT2D eigenvalue weighted by atomic mass is 19.1. The molecule has 0 radical (unpaired) electrons. The molecule has 0 aliphatic carbocycles. The van der Waals surface area contributed by atoms with Gasteiger partial charge in [-0.15, -0.1) is 0 Å². The van der Waals surface area contributed by atoms with Gasteiger partial charge in [0.1, 0.15) is 0 Å². The number of nitrogens with two attached hydrogens (primary N) is 1. The maximum absolute atomic E-state index is 13.6. The van der Waals surface area contributed by atoms with Crippen LogP contribution in [0.1, 0.15) is 33.1 Å². The first-order valence-corrected chi connectivity index (χ1v) is 7.19. The largest absolute Gasteiger partial charge is 0.490 e. The fourth-order valence-electron chi connectivity index (χ4n) is 1.73. The molecule has 1 rings (SSSR count). The van der Waals surface area contributed by atoms with Crippen LogP contribution >= 0.6 is 0 Å². The molecule has 0 unspecified atom stereocenters. The average molecular weight is 298 g/mol. The molecule has 0 atom stereocenters. The fraction of sp³-hybridized carbons (Fsp3) is 0.533. The van der Waals surface area contributed by atoms with Gasteiger partial charge in [-0.2, -0.15) is 0 Å². The lowest BCUT2D eigenvalue weighted by Crippen LogP contribution is -2.09. The summed E-state index contributed by atoms with van der Waals surface area (Å²) < 4.78 is 23.8. The Morgan fingerprint density at radius 1 is 1.38 bits per heavy atom. The summed E-state index contributed by atoms with van der Waals surface area (Å²) in [7, 11) is 0. The summed E-state index contributed by atoms with van der Waals surface area (Å²) in [6.07, 6.45) is 1.74. The summed E-state index contributed by atoms with van der Waals surface area (Å²) >= 11 is 0. The first-order chi connectivity index (χ1) is 10.1. The molecule has 0 aromatic heterocycles. The summed E-state index contributed by atoms with van der Waals surface area (Å²) in [6.45, 7) is 5.09. The van der Waals surface area contributed by atoms with E-state index in [1.54, 1.807) is 13.0 Å². The van der Waals surface area contributed by atoms with Crippen LogP contribution in [0.5, 0.6) is 5.75 Å². The van der Waals surface area contributed by atoms with Gasteiger partial charge in [-0.25, -0.2) is 4.39 Å². The van der Waals surface area contributed by atoms with Crippen LogP contribution in [0.3, 0.4) is 0 Å². The number of benzene rings is 1. The van der Waals surface area contributed by atoms with Crippen LogP contribution in [-0.4, -0.2) is 25.7 Å². The van der Waals surface area contributed by atoms with Crippen molar-refractivity contribution in [3.8, 4) is 5.75 Å². The molecule has 3 N–H and O–H groups in total. The molecule has 0 bridgehead atoms. The highest BCUT2D eigenvalue weighted by molar-refractivity contribution is 5.70. The van der Waals surface area contributed by atoms with E-state index in [1.165, 1.54) is 6.07 Å². The molecule has 118 valence electrons. The summed E-state index contributed by atoms with van der Waals surface area (Å²) in [6, 6.07) is 2.78. The Bertz CT molecular complexity index is 466. The number of anilines is 2. The van der Waals surface area contributed by atoms with Gasteiger partial charge in [0.15, 0.2) is 11.6 Å². The van der Waals surface area contributed by atoms with E-state index in [1.807, 2.05) is 6.92 Å². The minimum absolute atomic E-state index is 0.180. The van der Waals surface area contributed by atoms with Gasteiger partial charge in [0.05, 0.1) is 24.6 Å². The van der Waals surface area contributed by atoms with Gasteiger partial charge in [-0.1, -0.05) is 6.92 Å². The first-order valence-electron chi connectivity index (χ1n) is 7.19. The molecule has 0 saturated heterocycles. The van der Waals surface area contributed by atoms with Crippen molar-refractivity contribution in [1.29, 1.82) is 0 Å². The second kappa shape index (κ2) is 9.05. The van der Waals surface area contributed by atoms with Gasteiger partial charge in [-0.3, -0.25) is 4.79 Å². The van der Waals surface area contributed by atoms with E-state index in [4.69, 9.17) is 15.2 Å². The summed E-state index contributed by atoms with van der Waals surface area (Å²) in [5.74, 6) is -0.518. The molecular weight excluding hydrogens is 275 g/mol. The third kappa shape index (κ3) is 5.89. The lowest BCUT2D eigenvalue weighted by molar-refractivity contribution is -0.143. The molecule has 6 heteroatoms. The maximum atomic E-state index is 13.6. The minimum atomic E-state index is -0.474. The van der Waals surface area contributed by atoms with Gasteiger partial charge in [0.25, 0.3) is 0 Å². The fourth-order valence-corrected chi connectivity index (χ4v) is 1.73. The van der Waals surface area contributed by atoms with Crippen molar-refractivity contribution in [3.63, 3.8) is 0 Å². The van der Waals surface area contributed by atoms with Crippen LogP contribution in [0.25, 0.3) is 0 Å². The Balaban J connectivity index is 2.52. The number of nitrogens with one attached hydrogen (secondary N) is 1. The number of esters is 1. The first kappa shape index (κ1) is 17.1. The number of ether oxygens (including phenoxy) is 2. The molecule has 0 fully saturated rings. The third-order valence-corrected chi connectivity index (χ3v) is 2.74. The monoisotopic (exact) mass is 298 g/mol. The Hall–Kier alpha value is -1.98. The predicted octanol–water partition coefficient (Wildman–Crippen LogP) is 2.95. The van der Waals surface area contributed by atoms with Crippen LogP contribution in [0.4, 0.5) is 15.8 Å². The molecule has 0 amide bonds. The number of halogens is 1. The summed E-state index contributed by atoms with van der Waals surface area (Å²) in [5, 5.41) is 3.08. The van der Waals surface area contributed by atoms with Crippen LogP contribution in [0.15, 0.2) is 12.1 Å². The van der Waals surface area contributed by atoms with Crippen molar-refractivity contribution in [2.75, 3.05) is 30.8 Å². The molecule has 1 aromatic carbocycles. The Labute approximate surface area is 124 Å². The van der Waals surface area contributed by atoms with Gasteiger partial charge < -0.3 is 20.5 Å². The topological polar surface area (TPSA) is 73.6 Å². The van der Waals surface area contributed by atoms with Gasteiger partial charge in [-0.05, 0) is 19.8 Å². The third-order valence-electron chi connectivity index (χ3n) is 2.74. The van der Waals surface area contributed by atoms with Crippen molar-refractivity contribution in [3.05, 3.63) is 17.9 Å². The number of carbonyl (C=O) groups excluding carboxylic acids is 1. The number of carbonyl (C=O) groups is 1. The standard InChI is InChI=1S/C15H23FN2O3/c1-3-8-21-14-10-13(12(17)9-11(14)16)18-7-5-6-15(19)20-4-2/h9-10,18H,3-8,17H2,1-2H3. The lowest BCUT2D eigenvalue weighted by atomic mass is 10.2. The van der Waals surface area contributed by atoms with E-state index in [9.17, 15) is 9.18 Å². The van der Waals surface area contributed by atoms with E-state index in [0.717, 1.165) is 6.42 Å². The quantitative estimate of drug-likeness (QED) is 0.416. The molecule has 0 spiro atoms. The zero-order valence-corrected chi connectivity index (χ0v) is 12.6. The van der Waals surface area contributed by atoms with Crippen molar-refractivity contribution in [1.82, 2.24) is 0 Å². The molecular formula is C15H23FN2O3. The molecule has 5 nitrogen and oxygen atoms in total. The van der Waals surface area contributed by atoms with E-state index in [0.29, 0.717) is 44.0 Å². The number of hydrogen-bond donors (Lipinski definition) is 2. The second-order valence-corrected chi connectivity index (χ2v) is 4.55. The predicted molar refractivity (Wildman–Crippen MR) is 81.0 cm³/mol. The van der Waals surface area contributed by atoms with E-state index < -0.39 is 5.82 Å². The Kier molecular flexibility index (Phi) is 7.36. The van der Waals surface area contributed by atoms with Crippen LogP contribution in [-0.2, 0) is 9.53 Å². The molecule has 0 aliphatic rings. The SMILES string of the molecule is CCCOc1cc(NCCCC(=O)OCC)c(N)cc1F. The van der Waals surface area contributed by atoms with Crippen LogP contribution < -0.4 is 15.8 Å². The van der Waals surface area contributed by atoms with Crippen molar-refractivity contribution >= 4 is 17.3 Å². The Morgan fingerprint density at radius 2 is 2.14 bits per heavy atom. The molecule has 0 heterocycles. The zero-order valence-electron chi connectivity index (χ0n) is 12.6. The molecule has 0 saturated carbocycles. The van der Waals surface area contributed by atoms with E-state index >= 15 is 0 Å². The van der Waals surface area contributed by atoms with Gasteiger partial charge in [0, 0.05) is 25.1 Å². The maximum Gasteiger partial charge on any atom is 0.305 e. The second-order valence-electron chi connectivity index (χ2n) is 4.55. The lowest BCUT2D eigenvalue weighted by Gasteiger charge is -2.13. The minimum Gasteiger partial charge on any atom is -0.490 e. The highest BCUT2D eigenvalue weighted by Gasteiger charge is 2.09. The summed E-state index contributed by atoms with van der Waals surface area (Å²) in [4.78, 5) is 11.2. The number of rotatable bonds is 9. The smallest absolute Gasteiger partial charge is 0.305 e. The molecule has 1 aromatic rings. The summed E-state index contributed by atoms with van der Waals surface area (Å²) in [5.41, 5.74) is 6.67. The molecule has 0 aliphatic heterocycles. The molecule has 21 heavy (non-hydrogen) atoms. The number of nitrogen functional groups attached to an aromatic ring is 1. The van der Waals surface area contributed by atoms with E-state index in [-0.39, 0.29) is 11.7 Å². The van der Waals surface area contributed by atoms with Crippen LogP contribution in [0, 0.1) is 5.82 Å². The zero-order chi connectivity index (χ0) is 15.7. The van der Waals surface area contributed by atoms with Gasteiger partial charge >= 0.3 is 5.97 Å².